The average Bonchev–Trinajstić information content (AvgIpc) is 3.32. The molecule has 1 N–H and O–H groups in total. The number of amides is 3. The summed E-state index contributed by atoms with van der Waals surface area (Å²) in [7, 11) is 0. The molecule has 6 nitrogen and oxygen atoms in total. The second-order valence-electron chi connectivity index (χ2n) is 8.99. The van der Waals surface area contributed by atoms with Crippen LogP contribution in [0.2, 0.25) is 0 Å². The van der Waals surface area contributed by atoms with Gasteiger partial charge >= 0.3 is 6.03 Å². The molecule has 3 heterocycles. The number of ether oxygens (including phenoxy) is 1. The standard InChI is InChI=1S/C27H31N3O3/c1-3-5-14-29-26(31)23-17-21-20-12-7-8-13-22(20)28-24(21)25(30(23)27(29)32)18-10-9-11-19(16-18)33-15-6-4-2/h7-13,16,23,25,28H,3-6,14-15,17H2,1-2H3/t23-,25+/m0/s1. The number of hydrogen-bond donors (Lipinski definition) is 1. The minimum Gasteiger partial charge on any atom is -0.494 e. The second-order valence-corrected chi connectivity index (χ2v) is 8.99. The van der Waals surface area contributed by atoms with Gasteiger partial charge in [-0.15, -0.1) is 0 Å². The molecule has 3 aromatic rings. The van der Waals surface area contributed by atoms with Crippen molar-refractivity contribution in [3.63, 3.8) is 0 Å². The summed E-state index contributed by atoms with van der Waals surface area (Å²) in [5.74, 6) is 0.714. The lowest BCUT2D eigenvalue weighted by atomic mass is 9.89. The zero-order valence-electron chi connectivity index (χ0n) is 19.3. The van der Waals surface area contributed by atoms with Gasteiger partial charge in [0.05, 0.1) is 6.61 Å². The molecule has 3 amide bonds. The lowest BCUT2D eigenvalue weighted by Gasteiger charge is -2.36. The first-order chi connectivity index (χ1) is 16.1. The fourth-order valence-corrected chi connectivity index (χ4v) is 5.11. The quantitative estimate of drug-likeness (QED) is 0.372. The summed E-state index contributed by atoms with van der Waals surface area (Å²) < 4.78 is 5.97. The summed E-state index contributed by atoms with van der Waals surface area (Å²) in [5, 5.41) is 1.12. The smallest absolute Gasteiger partial charge is 0.328 e. The number of nitrogens with one attached hydrogen (secondary N) is 1. The monoisotopic (exact) mass is 445 g/mol. The van der Waals surface area contributed by atoms with Crippen LogP contribution in [0.3, 0.4) is 0 Å². The number of benzene rings is 2. The van der Waals surface area contributed by atoms with Gasteiger partial charge < -0.3 is 9.72 Å². The van der Waals surface area contributed by atoms with Crippen LogP contribution in [0, 0.1) is 0 Å². The summed E-state index contributed by atoms with van der Waals surface area (Å²) in [4.78, 5) is 33.7. The van der Waals surface area contributed by atoms with Gasteiger partial charge in [0.15, 0.2) is 0 Å². The summed E-state index contributed by atoms with van der Waals surface area (Å²) in [5.41, 5.74) is 4.12. The lowest BCUT2D eigenvalue weighted by molar-refractivity contribution is -0.128. The number of nitrogens with zero attached hydrogens (tertiary/aromatic N) is 2. The van der Waals surface area contributed by atoms with Gasteiger partial charge in [-0.2, -0.15) is 0 Å². The first-order valence-electron chi connectivity index (χ1n) is 12.1. The normalized spacial score (nSPS) is 19.8. The molecular formula is C27H31N3O3. The zero-order valence-corrected chi connectivity index (χ0v) is 19.3. The molecule has 0 unspecified atom stereocenters. The van der Waals surface area contributed by atoms with E-state index in [1.807, 2.05) is 36.4 Å². The van der Waals surface area contributed by atoms with Crippen molar-refractivity contribution in [1.29, 1.82) is 0 Å². The Balaban J connectivity index is 1.60. The molecule has 2 aliphatic heterocycles. The number of aromatic nitrogens is 1. The highest BCUT2D eigenvalue weighted by molar-refractivity contribution is 6.05. The van der Waals surface area contributed by atoms with Crippen LogP contribution < -0.4 is 4.74 Å². The molecule has 0 bridgehead atoms. The highest BCUT2D eigenvalue weighted by atomic mass is 16.5. The molecule has 1 aromatic heterocycles. The Morgan fingerprint density at radius 2 is 1.85 bits per heavy atom. The van der Waals surface area contributed by atoms with Crippen LogP contribution in [0.25, 0.3) is 10.9 Å². The van der Waals surface area contributed by atoms with Gasteiger partial charge in [0.1, 0.15) is 17.8 Å². The number of imide groups is 1. The van der Waals surface area contributed by atoms with Crippen LogP contribution in [0.4, 0.5) is 4.79 Å². The van der Waals surface area contributed by atoms with Gasteiger partial charge in [-0.3, -0.25) is 14.6 Å². The number of hydrogen-bond acceptors (Lipinski definition) is 3. The second kappa shape index (κ2) is 8.93. The molecule has 2 aliphatic rings. The SMILES string of the molecule is CCCCOc1cccc([C@@H]2c3[nH]c4ccccc4c3C[C@H]3C(=O)N(CCCC)C(=O)N23)c1. The van der Waals surface area contributed by atoms with Crippen molar-refractivity contribution < 1.29 is 14.3 Å². The highest BCUT2D eigenvalue weighted by Crippen LogP contribution is 2.44. The van der Waals surface area contributed by atoms with Crippen molar-refractivity contribution in [2.45, 2.75) is 58.0 Å². The molecule has 0 radical (unpaired) electrons. The van der Waals surface area contributed by atoms with Crippen molar-refractivity contribution in [2.24, 2.45) is 0 Å². The van der Waals surface area contributed by atoms with Crippen molar-refractivity contribution in [2.75, 3.05) is 13.2 Å². The third-order valence-corrected chi connectivity index (χ3v) is 6.81. The minimum absolute atomic E-state index is 0.0790. The molecule has 172 valence electrons. The van der Waals surface area contributed by atoms with Crippen molar-refractivity contribution >= 4 is 22.8 Å². The topological polar surface area (TPSA) is 65.6 Å². The van der Waals surface area contributed by atoms with Gasteiger partial charge in [-0.25, -0.2) is 4.79 Å². The molecule has 2 aromatic carbocycles. The summed E-state index contributed by atoms with van der Waals surface area (Å²) in [6.45, 7) is 5.35. The largest absolute Gasteiger partial charge is 0.494 e. The summed E-state index contributed by atoms with van der Waals surface area (Å²) in [6, 6.07) is 15.1. The Labute approximate surface area is 194 Å². The molecule has 0 aliphatic carbocycles. The molecular weight excluding hydrogens is 414 g/mol. The molecule has 0 spiro atoms. The van der Waals surface area contributed by atoms with Crippen LogP contribution in [-0.4, -0.2) is 45.9 Å². The van der Waals surface area contributed by atoms with E-state index in [0.29, 0.717) is 19.6 Å². The number of unbranched alkanes of at least 4 members (excludes halogenated alkanes) is 2. The third-order valence-electron chi connectivity index (χ3n) is 6.81. The molecule has 0 saturated carbocycles. The first kappa shape index (κ1) is 21.6. The average molecular weight is 446 g/mol. The number of para-hydroxylation sites is 1. The zero-order chi connectivity index (χ0) is 22.9. The Morgan fingerprint density at radius 1 is 1.03 bits per heavy atom. The van der Waals surface area contributed by atoms with Crippen molar-refractivity contribution in [3.05, 3.63) is 65.4 Å². The number of H-pyrrole nitrogens is 1. The van der Waals surface area contributed by atoms with E-state index in [-0.39, 0.29) is 18.0 Å². The summed E-state index contributed by atoms with van der Waals surface area (Å²) >= 11 is 0. The van der Waals surface area contributed by atoms with E-state index < -0.39 is 6.04 Å². The predicted molar refractivity (Wildman–Crippen MR) is 128 cm³/mol. The van der Waals surface area contributed by atoms with Gasteiger partial charge in [-0.1, -0.05) is 57.0 Å². The molecule has 2 atom stereocenters. The fraction of sp³-hybridized carbons (Fsp3) is 0.407. The van der Waals surface area contributed by atoms with E-state index in [4.69, 9.17) is 4.74 Å². The molecule has 33 heavy (non-hydrogen) atoms. The van der Waals surface area contributed by atoms with Gasteiger partial charge in [-0.05, 0) is 42.2 Å². The predicted octanol–water partition coefficient (Wildman–Crippen LogP) is 5.43. The maximum Gasteiger partial charge on any atom is 0.328 e. The van der Waals surface area contributed by atoms with Gasteiger partial charge in [0.25, 0.3) is 5.91 Å². The Hall–Kier alpha value is -3.28. The molecule has 1 saturated heterocycles. The van der Waals surface area contributed by atoms with E-state index in [2.05, 4.69) is 31.0 Å². The van der Waals surface area contributed by atoms with Crippen molar-refractivity contribution in [3.8, 4) is 5.75 Å². The van der Waals surface area contributed by atoms with Gasteiger partial charge in [0.2, 0.25) is 0 Å². The van der Waals surface area contributed by atoms with Crippen molar-refractivity contribution in [1.82, 2.24) is 14.8 Å². The molecule has 1 fully saturated rings. The number of urea groups is 1. The van der Waals surface area contributed by atoms with Gasteiger partial charge in [0, 0.05) is 29.6 Å². The van der Waals surface area contributed by atoms with E-state index in [1.165, 1.54) is 4.90 Å². The van der Waals surface area contributed by atoms with Crippen LogP contribution in [0.15, 0.2) is 48.5 Å². The van der Waals surface area contributed by atoms with E-state index in [0.717, 1.165) is 59.2 Å². The van der Waals surface area contributed by atoms with E-state index in [9.17, 15) is 9.59 Å². The minimum atomic E-state index is -0.476. The third kappa shape index (κ3) is 3.67. The van der Waals surface area contributed by atoms with Crippen LogP contribution >= 0.6 is 0 Å². The fourth-order valence-electron chi connectivity index (χ4n) is 5.11. The number of aromatic amines is 1. The number of fused-ring (bicyclic) bond motifs is 4. The maximum atomic E-state index is 13.5. The Morgan fingerprint density at radius 3 is 2.67 bits per heavy atom. The number of rotatable bonds is 8. The maximum absolute atomic E-state index is 13.5. The Kier molecular flexibility index (Phi) is 5.83. The van der Waals surface area contributed by atoms with Crippen LogP contribution in [0.5, 0.6) is 5.75 Å². The first-order valence-corrected chi connectivity index (χ1v) is 12.1. The van der Waals surface area contributed by atoms with Crippen LogP contribution in [0.1, 0.15) is 62.4 Å². The van der Waals surface area contributed by atoms with E-state index >= 15 is 0 Å². The Bertz CT molecular complexity index is 1180. The summed E-state index contributed by atoms with van der Waals surface area (Å²) in [6.07, 6.45) is 4.35. The highest BCUT2D eigenvalue weighted by Gasteiger charge is 2.52. The molecule has 6 heteroatoms. The lowest BCUT2D eigenvalue weighted by Crippen LogP contribution is -2.44. The molecule has 5 rings (SSSR count). The number of carbonyl (C=O) groups excluding carboxylic acids is 2. The van der Waals surface area contributed by atoms with E-state index in [1.54, 1.807) is 4.90 Å². The van der Waals surface area contributed by atoms with Crippen LogP contribution in [-0.2, 0) is 11.2 Å². The number of carbonyl (C=O) groups is 2.